The molecule has 0 aromatic heterocycles. The van der Waals surface area contributed by atoms with Gasteiger partial charge < -0.3 is 10.1 Å². The van der Waals surface area contributed by atoms with Gasteiger partial charge in [0.1, 0.15) is 5.75 Å². The number of ether oxygens (including phenoxy) is 1. The topological polar surface area (TPSA) is 38.3 Å². The molecule has 3 nitrogen and oxygen atoms in total. The van der Waals surface area contributed by atoms with Gasteiger partial charge in [-0.1, -0.05) is 19.9 Å². The molecule has 1 N–H and O–H groups in total. The Bertz CT molecular complexity index is 623. The van der Waals surface area contributed by atoms with Crippen LogP contribution in [-0.2, 0) is 0 Å². The summed E-state index contributed by atoms with van der Waals surface area (Å²) in [7, 11) is 0. The maximum Gasteiger partial charge on any atom is 0.255 e. The molecule has 0 atom stereocenters. The summed E-state index contributed by atoms with van der Waals surface area (Å²) in [6, 6.07) is 15.0. The van der Waals surface area contributed by atoms with Crippen molar-refractivity contribution >= 4 is 23.4 Å². The predicted octanol–water partition coefficient (Wildman–Crippen LogP) is 4.70. The number of anilines is 1. The van der Waals surface area contributed by atoms with E-state index in [-0.39, 0.29) is 5.91 Å². The molecule has 0 bridgehead atoms. The Hall–Kier alpha value is -1.94. The molecular formula is C18H21NO2S. The van der Waals surface area contributed by atoms with Gasteiger partial charge in [0, 0.05) is 16.1 Å². The van der Waals surface area contributed by atoms with Crippen LogP contribution in [0.2, 0.25) is 0 Å². The molecule has 0 aliphatic rings. The van der Waals surface area contributed by atoms with E-state index in [0.29, 0.717) is 18.1 Å². The highest BCUT2D eigenvalue weighted by molar-refractivity contribution is 7.98. The second-order valence-corrected chi connectivity index (χ2v) is 6.29. The van der Waals surface area contributed by atoms with E-state index in [9.17, 15) is 4.79 Å². The van der Waals surface area contributed by atoms with Gasteiger partial charge >= 0.3 is 0 Å². The highest BCUT2D eigenvalue weighted by atomic mass is 32.2. The first-order valence-corrected chi connectivity index (χ1v) is 8.49. The number of hydrogen-bond acceptors (Lipinski definition) is 3. The molecule has 2 aromatic rings. The Morgan fingerprint density at radius 3 is 2.55 bits per heavy atom. The zero-order valence-corrected chi connectivity index (χ0v) is 13.9. The van der Waals surface area contributed by atoms with Gasteiger partial charge in [0.05, 0.1) is 6.61 Å². The zero-order chi connectivity index (χ0) is 15.9. The molecule has 0 aliphatic heterocycles. The molecule has 0 saturated heterocycles. The summed E-state index contributed by atoms with van der Waals surface area (Å²) in [5, 5.41) is 2.90. The van der Waals surface area contributed by atoms with Crippen molar-refractivity contribution in [1.29, 1.82) is 0 Å². The molecule has 0 aliphatic carbocycles. The molecule has 2 rings (SSSR count). The Kier molecular flexibility index (Phi) is 5.90. The van der Waals surface area contributed by atoms with Crippen molar-refractivity contribution < 1.29 is 9.53 Å². The van der Waals surface area contributed by atoms with E-state index >= 15 is 0 Å². The number of amides is 1. The Morgan fingerprint density at radius 2 is 1.91 bits per heavy atom. The largest absolute Gasteiger partial charge is 0.493 e. The van der Waals surface area contributed by atoms with Crippen molar-refractivity contribution in [1.82, 2.24) is 0 Å². The molecule has 0 spiro atoms. The van der Waals surface area contributed by atoms with Gasteiger partial charge in [0.2, 0.25) is 0 Å². The summed E-state index contributed by atoms with van der Waals surface area (Å²) in [5.41, 5.74) is 1.38. The van der Waals surface area contributed by atoms with Gasteiger partial charge in [-0.3, -0.25) is 4.79 Å². The molecule has 2 aromatic carbocycles. The molecule has 0 radical (unpaired) electrons. The molecule has 116 valence electrons. The fourth-order valence-corrected chi connectivity index (χ4v) is 2.28. The summed E-state index contributed by atoms with van der Waals surface area (Å²) in [5.74, 6) is 1.04. The summed E-state index contributed by atoms with van der Waals surface area (Å²) in [4.78, 5) is 13.5. The van der Waals surface area contributed by atoms with Crippen molar-refractivity contribution in [3.8, 4) is 5.75 Å². The zero-order valence-electron chi connectivity index (χ0n) is 13.1. The van der Waals surface area contributed by atoms with Crippen LogP contribution in [-0.4, -0.2) is 18.8 Å². The van der Waals surface area contributed by atoms with Crippen LogP contribution in [0.15, 0.2) is 53.4 Å². The molecule has 0 unspecified atom stereocenters. The van der Waals surface area contributed by atoms with E-state index < -0.39 is 0 Å². The number of carbonyl (C=O) groups is 1. The van der Waals surface area contributed by atoms with Crippen LogP contribution < -0.4 is 10.1 Å². The summed E-state index contributed by atoms with van der Waals surface area (Å²) in [6.07, 6.45) is 2.02. The first kappa shape index (κ1) is 16.4. The summed E-state index contributed by atoms with van der Waals surface area (Å²) < 4.78 is 5.66. The minimum atomic E-state index is -0.133. The number of hydrogen-bond donors (Lipinski definition) is 1. The smallest absolute Gasteiger partial charge is 0.255 e. The van der Waals surface area contributed by atoms with Gasteiger partial charge in [-0.25, -0.2) is 0 Å². The predicted molar refractivity (Wildman–Crippen MR) is 93.0 cm³/mol. The Balaban J connectivity index is 2.03. The van der Waals surface area contributed by atoms with Crippen LogP contribution in [0.3, 0.4) is 0 Å². The number of thioether (sulfide) groups is 1. The lowest BCUT2D eigenvalue weighted by Gasteiger charge is -2.10. The minimum Gasteiger partial charge on any atom is -0.493 e. The van der Waals surface area contributed by atoms with Crippen LogP contribution in [0.4, 0.5) is 5.69 Å². The average Bonchev–Trinajstić information content (AvgIpc) is 2.54. The fourth-order valence-electron chi connectivity index (χ4n) is 1.87. The van der Waals surface area contributed by atoms with Crippen molar-refractivity contribution in [2.75, 3.05) is 18.2 Å². The second kappa shape index (κ2) is 7.90. The van der Waals surface area contributed by atoms with Crippen molar-refractivity contribution in [2.45, 2.75) is 18.7 Å². The van der Waals surface area contributed by atoms with Crippen molar-refractivity contribution in [3.63, 3.8) is 0 Å². The fraction of sp³-hybridized carbons (Fsp3) is 0.278. The molecule has 1 amide bonds. The van der Waals surface area contributed by atoms with Gasteiger partial charge in [-0.05, 0) is 54.6 Å². The molecule has 0 saturated carbocycles. The van der Waals surface area contributed by atoms with Crippen LogP contribution in [0, 0.1) is 5.92 Å². The van der Waals surface area contributed by atoms with E-state index in [1.807, 2.05) is 42.7 Å². The summed E-state index contributed by atoms with van der Waals surface area (Å²) in [6.45, 7) is 4.82. The van der Waals surface area contributed by atoms with Gasteiger partial charge in [-0.2, -0.15) is 0 Å². The maximum absolute atomic E-state index is 12.3. The van der Waals surface area contributed by atoms with Gasteiger partial charge in [0.15, 0.2) is 0 Å². The number of nitrogens with one attached hydrogen (secondary N) is 1. The minimum absolute atomic E-state index is 0.133. The van der Waals surface area contributed by atoms with E-state index in [2.05, 4.69) is 19.2 Å². The Morgan fingerprint density at radius 1 is 1.18 bits per heavy atom. The highest BCUT2D eigenvalue weighted by Gasteiger charge is 2.08. The van der Waals surface area contributed by atoms with Gasteiger partial charge in [-0.15, -0.1) is 11.8 Å². The van der Waals surface area contributed by atoms with Crippen molar-refractivity contribution in [3.05, 3.63) is 54.1 Å². The lowest BCUT2D eigenvalue weighted by atomic mass is 10.2. The van der Waals surface area contributed by atoms with Crippen LogP contribution in [0.25, 0.3) is 0 Å². The standard InChI is InChI=1S/C18H21NO2S/c1-13(2)12-21-16-6-4-5-14(11-16)18(20)19-15-7-9-17(22-3)10-8-15/h4-11,13H,12H2,1-3H3,(H,19,20). The third-order valence-corrected chi connectivity index (χ3v) is 3.77. The van der Waals surface area contributed by atoms with Crippen molar-refractivity contribution in [2.24, 2.45) is 5.92 Å². The maximum atomic E-state index is 12.3. The highest BCUT2D eigenvalue weighted by Crippen LogP contribution is 2.19. The lowest BCUT2D eigenvalue weighted by Crippen LogP contribution is -2.12. The van der Waals surface area contributed by atoms with Crippen LogP contribution in [0.5, 0.6) is 5.75 Å². The number of benzene rings is 2. The van der Waals surface area contributed by atoms with Crippen LogP contribution in [0.1, 0.15) is 24.2 Å². The van der Waals surface area contributed by atoms with Gasteiger partial charge in [0.25, 0.3) is 5.91 Å². The SMILES string of the molecule is CSc1ccc(NC(=O)c2cccc(OCC(C)C)c2)cc1. The number of carbonyl (C=O) groups excluding carboxylic acids is 1. The van der Waals surface area contributed by atoms with Crippen LogP contribution >= 0.6 is 11.8 Å². The third-order valence-electron chi connectivity index (χ3n) is 3.03. The van der Waals surface area contributed by atoms with E-state index in [1.54, 1.807) is 23.9 Å². The van der Waals surface area contributed by atoms with E-state index in [4.69, 9.17) is 4.74 Å². The molecule has 0 fully saturated rings. The third kappa shape index (κ3) is 4.81. The molecule has 0 heterocycles. The molecule has 4 heteroatoms. The lowest BCUT2D eigenvalue weighted by molar-refractivity contribution is 0.102. The first-order valence-electron chi connectivity index (χ1n) is 7.26. The first-order chi connectivity index (χ1) is 10.6. The summed E-state index contributed by atoms with van der Waals surface area (Å²) >= 11 is 1.67. The Labute approximate surface area is 136 Å². The van der Waals surface area contributed by atoms with E-state index in [1.165, 1.54) is 4.90 Å². The quantitative estimate of drug-likeness (QED) is 0.786. The molecular weight excluding hydrogens is 294 g/mol. The normalized spacial score (nSPS) is 10.5. The average molecular weight is 315 g/mol. The second-order valence-electron chi connectivity index (χ2n) is 5.42. The molecule has 22 heavy (non-hydrogen) atoms. The monoisotopic (exact) mass is 315 g/mol. The number of rotatable bonds is 6. The van der Waals surface area contributed by atoms with E-state index in [0.717, 1.165) is 11.4 Å².